The summed E-state index contributed by atoms with van der Waals surface area (Å²) in [5.74, 6) is 0.682. The molecule has 1 N–H and O–H groups in total. The van der Waals surface area contributed by atoms with Gasteiger partial charge < -0.3 is 5.32 Å². The minimum Gasteiger partial charge on any atom is -0.365 e. The third kappa shape index (κ3) is 3.23. The van der Waals surface area contributed by atoms with Gasteiger partial charge in [0.2, 0.25) is 0 Å². The normalized spacial score (nSPS) is 8.93. The highest BCUT2D eigenvalue weighted by atomic mass is 15.0. The Morgan fingerprint density at radius 1 is 1.50 bits per heavy atom. The minimum atomic E-state index is 0.331. The van der Waals surface area contributed by atoms with Crippen LogP contribution in [0.5, 0.6) is 0 Å². The van der Waals surface area contributed by atoms with Crippen molar-refractivity contribution < 1.29 is 0 Å². The van der Waals surface area contributed by atoms with Gasteiger partial charge in [0.15, 0.2) is 5.69 Å². The first-order valence-corrected chi connectivity index (χ1v) is 4.32. The Morgan fingerprint density at radius 3 is 2.79 bits per heavy atom. The van der Waals surface area contributed by atoms with Crippen LogP contribution in [0.25, 0.3) is 0 Å². The highest BCUT2D eigenvalue weighted by Crippen LogP contribution is 1.99. The SMILES string of the molecule is CC(C)=CCNc1cnc(C#N)cn1. The van der Waals surface area contributed by atoms with Gasteiger partial charge in [0.25, 0.3) is 0 Å². The summed E-state index contributed by atoms with van der Waals surface area (Å²) in [6.45, 7) is 4.79. The molecule has 0 saturated heterocycles. The third-order valence-corrected chi connectivity index (χ3v) is 1.56. The van der Waals surface area contributed by atoms with Gasteiger partial charge in [0, 0.05) is 6.54 Å². The molecular formula is C10H12N4. The number of hydrogen-bond donors (Lipinski definition) is 1. The predicted octanol–water partition coefficient (Wildman–Crippen LogP) is 1.73. The fraction of sp³-hybridized carbons (Fsp3) is 0.300. The van der Waals surface area contributed by atoms with Crippen molar-refractivity contribution >= 4 is 5.82 Å². The summed E-state index contributed by atoms with van der Waals surface area (Å²) in [4.78, 5) is 7.91. The molecule has 0 aliphatic carbocycles. The fourth-order valence-corrected chi connectivity index (χ4v) is 0.837. The molecule has 1 rings (SSSR count). The van der Waals surface area contributed by atoms with E-state index in [1.54, 1.807) is 6.20 Å². The molecular weight excluding hydrogens is 176 g/mol. The molecule has 0 spiro atoms. The van der Waals surface area contributed by atoms with Crippen molar-refractivity contribution in [3.63, 3.8) is 0 Å². The zero-order valence-electron chi connectivity index (χ0n) is 8.28. The fourth-order valence-electron chi connectivity index (χ4n) is 0.837. The molecule has 0 aromatic carbocycles. The first-order chi connectivity index (χ1) is 6.72. The number of aromatic nitrogens is 2. The van der Waals surface area contributed by atoms with Crippen LogP contribution in [0.4, 0.5) is 5.82 Å². The molecule has 0 aliphatic rings. The summed E-state index contributed by atoms with van der Waals surface area (Å²) in [7, 11) is 0. The molecule has 1 heterocycles. The number of nitrogens with zero attached hydrogens (tertiary/aromatic N) is 3. The van der Waals surface area contributed by atoms with Crippen LogP contribution >= 0.6 is 0 Å². The lowest BCUT2D eigenvalue weighted by Gasteiger charge is -2.00. The number of anilines is 1. The van der Waals surface area contributed by atoms with Crippen molar-refractivity contribution in [2.45, 2.75) is 13.8 Å². The van der Waals surface area contributed by atoms with Crippen LogP contribution in [0, 0.1) is 11.3 Å². The Kier molecular flexibility index (Phi) is 3.62. The Morgan fingerprint density at radius 2 is 2.29 bits per heavy atom. The zero-order chi connectivity index (χ0) is 10.4. The summed E-state index contributed by atoms with van der Waals surface area (Å²) in [6, 6.07) is 1.92. The summed E-state index contributed by atoms with van der Waals surface area (Å²) in [5.41, 5.74) is 1.58. The Bertz CT molecular complexity index is 355. The van der Waals surface area contributed by atoms with Gasteiger partial charge >= 0.3 is 0 Å². The molecule has 0 aliphatic heterocycles. The van der Waals surface area contributed by atoms with Crippen molar-refractivity contribution in [3.8, 4) is 6.07 Å². The summed E-state index contributed by atoms with van der Waals surface area (Å²) in [5, 5.41) is 11.6. The molecule has 4 heteroatoms. The van der Waals surface area contributed by atoms with Crippen LogP contribution in [0.2, 0.25) is 0 Å². The second-order valence-corrected chi connectivity index (χ2v) is 3.06. The predicted molar refractivity (Wildman–Crippen MR) is 54.7 cm³/mol. The van der Waals surface area contributed by atoms with Gasteiger partial charge in [-0.15, -0.1) is 0 Å². The summed E-state index contributed by atoms with van der Waals surface area (Å²) < 4.78 is 0. The number of rotatable bonds is 3. The van der Waals surface area contributed by atoms with Crippen LogP contribution in [-0.4, -0.2) is 16.5 Å². The van der Waals surface area contributed by atoms with Crippen molar-refractivity contribution in [1.29, 1.82) is 5.26 Å². The molecule has 1 aromatic rings. The maximum atomic E-state index is 8.49. The maximum absolute atomic E-state index is 8.49. The molecule has 0 fully saturated rings. The van der Waals surface area contributed by atoms with Gasteiger partial charge in [-0.3, -0.25) is 0 Å². The number of nitrogens with one attached hydrogen (secondary N) is 1. The van der Waals surface area contributed by atoms with Gasteiger partial charge in [-0.05, 0) is 13.8 Å². The lowest BCUT2D eigenvalue weighted by molar-refractivity contribution is 1.13. The van der Waals surface area contributed by atoms with Crippen LogP contribution in [0.3, 0.4) is 0 Å². The smallest absolute Gasteiger partial charge is 0.158 e. The van der Waals surface area contributed by atoms with E-state index in [1.165, 1.54) is 11.8 Å². The monoisotopic (exact) mass is 188 g/mol. The molecule has 0 atom stereocenters. The van der Waals surface area contributed by atoms with E-state index < -0.39 is 0 Å². The highest BCUT2D eigenvalue weighted by molar-refractivity contribution is 5.33. The van der Waals surface area contributed by atoms with E-state index in [4.69, 9.17) is 5.26 Å². The van der Waals surface area contributed by atoms with E-state index in [1.807, 2.05) is 19.9 Å². The molecule has 1 aromatic heterocycles. The molecule has 0 radical (unpaired) electrons. The van der Waals surface area contributed by atoms with Crippen LogP contribution in [-0.2, 0) is 0 Å². The van der Waals surface area contributed by atoms with Crippen molar-refractivity contribution in [2.75, 3.05) is 11.9 Å². The van der Waals surface area contributed by atoms with E-state index in [0.29, 0.717) is 11.5 Å². The van der Waals surface area contributed by atoms with Crippen LogP contribution < -0.4 is 5.32 Å². The molecule has 4 nitrogen and oxygen atoms in total. The second kappa shape index (κ2) is 4.97. The van der Waals surface area contributed by atoms with Crippen LogP contribution in [0.15, 0.2) is 24.0 Å². The van der Waals surface area contributed by atoms with Crippen molar-refractivity contribution in [3.05, 3.63) is 29.7 Å². The van der Waals surface area contributed by atoms with Gasteiger partial charge in [0.05, 0.1) is 12.4 Å². The van der Waals surface area contributed by atoms with E-state index in [9.17, 15) is 0 Å². The molecule has 0 bridgehead atoms. The third-order valence-electron chi connectivity index (χ3n) is 1.56. The topological polar surface area (TPSA) is 61.6 Å². The quantitative estimate of drug-likeness (QED) is 0.734. The summed E-state index contributed by atoms with van der Waals surface area (Å²) >= 11 is 0. The van der Waals surface area contributed by atoms with Crippen molar-refractivity contribution in [1.82, 2.24) is 9.97 Å². The highest BCUT2D eigenvalue weighted by Gasteiger charge is 1.93. The zero-order valence-corrected chi connectivity index (χ0v) is 8.28. The van der Waals surface area contributed by atoms with Crippen LogP contribution in [0.1, 0.15) is 19.5 Å². The first-order valence-electron chi connectivity index (χ1n) is 4.32. The Hall–Kier alpha value is -1.89. The van der Waals surface area contributed by atoms with Gasteiger partial charge in [0.1, 0.15) is 11.9 Å². The number of hydrogen-bond acceptors (Lipinski definition) is 4. The number of allylic oxidation sites excluding steroid dienone is 1. The Balaban J connectivity index is 2.53. The van der Waals surface area contributed by atoms with E-state index in [2.05, 4.69) is 21.4 Å². The standard InChI is InChI=1S/C10H12N4/c1-8(2)3-4-12-10-7-13-9(5-11)6-14-10/h3,6-7H,4H2,1-2H3,(H,12,14). The van der Waals surface area contributed by atoms with Crippen molar-refractivity contribution in [2.24, 2.45) is 0 Å². The van der Waals surface area contributed by atoms with Gasteiger partial charge in [-0.1, -0.05) is 11.6 Å². The van der Waals surface area contributed by atoms with E-state index >= 15 is 0 Å². The lowest BCUT2D eigenvalue weighted by Crippen LogP contribution is -2.01. The largest absolute Gasteiger partial charge is 0.365 e. The van der Waals surface area contributed by atoms with E-state index in [-0.39, 0.29) is 0 Å². The molecule has 0 unspecified atom stereocenters. The molecule has 14 heavy (non-hydrogen) atoms. The average molecular weight is 188 g/mol. The van der Waals surface area contributed by atoms with Gasteiger partial charge in [-0.25, -0.2) is 9.97 Å². The molecule has 0 saturated carbocycles. The van der Waals surface area contributed by atoms with Gasteiger partial charge in [-0.2, -0.15) is 5.26 Å². The Labute approximate surface area is 83.3 Å². The maximum Gasteiger partial charge on any atom is 0.158 e. The lowest BCUT2D eigenvalue weighted by atomic mass is 10.3. The molecule has 0 amide bonds. The first kappa shape index (κ1) is 10.2. The number of nitriles is 1. The average Bonchev–Trinajstić information content (AvgIpc) is 2.18. The van der Waals surface area contributed by atoms with E-state index in [0.717, 1.165) is 6.54 Å². The summed E-state index contributed by atoms with van der Waals surface area (Å²) in [6.07, 6.45) is 5.06. The minimum absolute atomic E-state index is 0.331. The second-order valence-electron chi connectivity index (χ2n) is 3.06. The molecule has 72 valence electrons.